The summed E-state index contributed by atoms with van der Waals surface area (Å²) in [6.45, 7) is 3.80. The van der Waals surface area contributed by atoms with Crippen LogP contribution in [0.25, 0.3) is 0 Å². The first-order chi connectivity index (χ1) is 6.19. The molecule has 0 spiro atoms. The van der Waals surface area contributed by atoms with Gasteiger partial charge in [-0.1, -0.05) is 22.9 Å². The first-order valence-electron chi connectivity index (χ1n) is 3.89. The SMILES string of the molecule is Cc1ccc(C)c(C(C#N)=NO)c1. The predicted molar refractivity (Wildman–Crippen MR) is 49.9 cm³/mol. The summed E-state index contributed by atoms with van der Waals surface area (Å²) < 4.78 is 0. The van der Waals surface area contributed by atoms with E-state index >= 15 is 0 Å². The highest BCUT2D eigenvalue weighted by Gasteiger charge is 2.06. The second kappa shape index (κ2) is 3.72. The van der Waals surface area contributed by atoms with Gasteiger partial charge in [0.1, 0.15) is 6.07 Å². The first-order valence-corrected chi connectivity index (χ1v) is 3.89. The lowest BCUT2D eigenvalue weighted by molar-refractivity contribution is 0.320. The van der Waals surface area contributed by atoms with E-state index in [2.05, 4.69) is 5.16 Å². The van der Waals surface area contributed by atoms with Crippen LogP contribution < -0.4 is 0 Å². The Morgan fingerprint density at radius 2 is 2.15 bits per heavy atom. The largest absolute Gasteiger partial charge is 0.410 e. The Morgan fingerprint density at radius 1 is 1.46 bits per heavy atom. The first kappa shape index (κ1) is 9.27. The van der Waals surface area contributed by atoms with Gasteiger partial charge in [-0.15, -0.1) is 0 Å². The molecule has 1 rings (SSSR count). The number of nitrogens with zero attached hydrogens (tertiary/aromatic N) is 2. The van der Waals surface area contributed by atoms with Gasteiger partial charge in [0, 0.05) is 5.56 Å². The highest BCUT2D eigenvalue weighted by Crippen LogP contribution is 2.11. The summed E-state index contributed by atoms with van der Waals surface area (Å²) in [5.74, 6) is 0. The standard InChI is InChI=1S/C10H10N2O/c1-7-3-4-8(2)9(5-7)10(6-11)12-13/h3-5,13H,1-2H3. The Labute approximate surface area is 76.9 Å². The van der Waals surface area contributed by atoms with Gasteiger partial charge >= 0.3 is 0 Å². The zero-order valence-electron chi connectivity index (χ0n) is 7.57. The molecule has 0 aliphatic carbocycles. The Bertz CT molecular complexity index is 388. The molecule has 0 aliphatic heterocycles. The molecular weight excluding hydrogens is 164 g/mol. The van der Waals surface area contributed by atoms with Crippen molar-refractivity contribution in [3.05, 3.63) is 34.9 Å². The number of hydrogen-bond acceptors (Lipinski definition) is 3. The van der Waals surface area contributed by atoms with Crippen LogP contribution in [-0.2, 0) is 0 Å². The molecule has 0 bridgehead atoms. The molecule has 13 heavy (non-hydrogen) atoms. The lowest BCUT2D eigenvalue weighted by Gasteiger charge is -2.02. The lowest BCUT2D eigenvalue weighted by Crippen LogP contribution is -2.00. The van der Waals surface area contributed by atoms with E-state index in [1.165, 1.54) is 0 Å². The summed E-state index contributed by atoms with van der Waals surface area (Å²) in [7, 11) is 0. The summed E-state index contributed by atoms with van der Waals surface area (Å²) in [6.07, 6.45) is 0. The quantitative estimate of drug-likeness (QED) is 0.402. The van der Waals surface area contributed by atoms with Crippen molar-refractivity contribution in [2.45, 2.75) is 13.8 Å². The summed E-state index contributed by atoms with van der Waals surface area (Å²) >= 11 is 0. The Balaban J connectivity index is 3.30. The fraction of sp³-hybridized carbons (Fsp3) is 0.200. The zero-order valence-corrected chi connectivity index (χ0v) is 7.57. The molecule has 3 nitrogen and oxygen atoms in total. The smallest absolute Gasteiger partial charge is 0.186 e. The maximum absolute atomic E-state index is 8.65. The number of benzene rings is 1. The molecule has 0 saturated carbocycles. The molecule has 0 fully saturated rings. The number of aryl methyl sites for hydroxylation is 2. The van der Waals surface area contributed by atoms with Crippen molar-refractivity contribution in [2.24, 2.45) is 5.16 Å². The molecule has 0 aliphatic rings. The van der Waals surface area contributed by atoms with Crippen LogP contribution in [0.3, 0.4) is 0 Å². The van der Waals surface area contributed by atoms with Gasteiger partial charge < -0.3 is 5.21 Å². The Morgan fingerprint density at radius 3 is 2.69 bits per heavy atom. The monoisotopic (exact) mass is 174 g/mol. The van der Waals surface area contributed by atoms with Crippen LogP contribution in [0.4, 0.5) is 0 Å². The van der Waals surface area contributed by atoms with E-state index < -0.39 is 0 Å². The molecule has 0 atom stereocenters. The number of oxime groups is 1. The van der Waals surface area contributed by atoms with Crippen molar-refractivity contribution in [3.63, 3.8) is 0 Å². The minimum absolute atomic E-state index is 0.0567. The van der Waals surface area contributed by atoms with Crippen molar-refractivity contribution in [1.29, 1.82) is 5.26 Å². The molecule has 0 amide bonds. The van der Waals surface area contributed by atoms with E-state index in [0.29, 0.717) is 5.56 Å². The summed E-state index contributed by atoms with van der Waals surface area (Å²) in [4.78, 5) is 0. The van der Waals surface area contributed by atoms with Crippen molar-refractivity contribution in [2.75, 3.05) is 0 Å². The lowest BCUT2D eigenvalue weighted by atomic mass is 10.0. The summed E-state index contributed by atoms with van der Waals surface area (Å²) in [6, 6.07) is 7.51. The van der Waals surface area contributed by atoms with Crippen LogP contribution in [0.2, 0.25) is 0 Å². The van der Waals surface area contributed by atoms with Gasteiger partial charge in [-0.3, -0.25) is 0 Å². The van der Waals surface area contributed by atoms with E-state index in [1.807, 2.05) is 38.1 Å². The Hall–Kier alpha value is -1.82. The molecule has 66 valence electrons. The van der Waals surface area contributed by atoms with Crippen LogP contribution in [0.15, 0.2) is 23.4 Å². The van der Waals surface area contributed by atoms with Gasteiger partial charge in [0.15, 0.2) is 5.71 Å². The normalized spacial score (nSPS) is 11.0. The van der Waals surface area contributed by atoms with Crippen LogP contribution in [0.5, 0.6) is 0 Å². The van der Waals surface area contributed by atoms with Crippen molar-refractivity contribution < 1.29 is 5.21 Å². The highest BCUT2D eigenvalue weighted by molar-refractivity contribution is 6.12. The van der Waals surface area contributed by atoms with Gasteiger partial charge in [0.25, 0.3) is 0 Å². The predicted octanol–water partition coefficient (Wildman–Crippen LogP) is 2.01. The molecule has 1 aromatic carbocycles. The third kappa shape index (κ3) is 1.85. The average Bonchev–Trinajstić information content (AvgIpc) is 2.13. The van der Waals surface area contributed by atoms with Gasteiger partial charge in [-0.05, 0) is 25.5 Å². The minimum Gasteiger partial charge on any atom is -0.410 e. The van der Waals surface area contributed by atoms with Gasteiger partial charge in [0.05, 0.1) is 0 Å². The molecule has 0 unspecified atom stereocenters. The van der Waals surface area contributed by atoms with E-state index in [1.54, 1.807) is 0 Å². The van der Waals surface area contributed by atoms with Crippen LogP contribution in [-0.4, -0.2) is 10.9 Å². The van der Waals surface area contributed by atoms with Gasteiger partial charge in [0.2, 0.25) is 0 Å². The maximum Gasteiger partial charge on any atom is 0.186 e. The highest BCUT2D eigenvalue weighted by atomic mass is 16.4. The molecule has 1 N–H and O–H groups in total. The molecule has 0 radical (unpaired) electrons. The number of rotatable bonds is 1. The average molecular weight is 174 g/mol. The zero-order chi connectivity index (χ0) is 9.84. The second-order valence-electron chi connectivity index (χ2n) is 2.88. The molecule has 0 aromatic heterocycles. The van der Waals surface area contributed by atoms with Crippen LogP contribution in [0, 0.1) is 25.2 Å². The van der Waals surface area contributed by atoms with E-state index in [0.717, 1.165) is 11.1 Å². The van der Waals surface area contributed by atoms with Crippen molar-refractivity contribution in [3.8, 4) is 6.07 Å². The second-order valence-corrected chi connectivity index (χ2v) is 2.88. The maximum atomic E-state index is 8.65. The fourth-order valence-electron chi connectivity index (χ4n) is 1.13. The van der Waals surface area contributed by atoms with Gasteiger partial charge in [-0.2, -0.15) is 5.26 Å². The van der Waals surface area contributed by atoms with Crippen LogP contribution in [0.1, 0.15) is 16.7 Å². The van der Waals surface area contributed by atoms with Crippen LogP contribution >= 0.6 is 0 Å². The number of hydrogen-bond donors (Lipinski definition) is 1. The van der Waals surface area contributed by atoms with E-state index in [4.69, 9.17) is 10.5 Å². The van der Waals surface area contributed by atoms with E-state index in [-0.39, 0.29) is 5.71 Å². The fourth-order valence-corrected chi connectivity index (χ4v) is 1.13. The molecule has 1 aromatic rings. The third-order valence-corrected chi connectivity index (χ3v) is 1.85. The molecule has 3 heteroatoms. The topological polar surface area (TPSA) is 56.4 Å². The summed E-state index contributed by atoms with van der Waals surface area (Å²) in [5.41, 5.74) is 2.71. The summed E-state index contributed by atoms with van der Waals surface area (Å²) in [5, 5.41) is 20.1. The van der Waals surface area contributed by atoms with E-state index in [9.17, 15) is 0 Å². The third-order valence-electron chi connectivity index (χ3n) is 1.85. The Kier molecular flexibility index (Phi) is 2.65. The molecule has 0 saturated heterocycles. The number of nitriles is 1. The molecule has 0 heterocycles. The van der Waals surface area contributed by atoms with Crippen molar-refractivity contribution in [1.82, 2.24) is 0 Å². The van der Waals surface area contributed by atoms with Crippen molar-refractivity contribution >= 4 is 5.71 Å². The van der Waals surface area contributed by atoms with Gasteiger partial charge in [-0.25, -0.2) is 0 Å². The minimum atomic E-state index is 0.0567. The molecular formula is C10H10N2O.